The molecule has 0 atom stereocenters. The lowest BCUT2D eigenvalue weighted by atomic mass is 9.93. The molecule has 3 rings (SSSR count). The second kappa shape index (κ2) is 12.4. The molecule has 3 aromatic rings. The Bertz CT molecular complexity index is 1260. The molecule has 0 saturated heterocycles. The molecule has 0 aliphatic heterocycles. The van der Waals surface area contributed by atoms with Crippen molar-refractivity contribution in [2.45, 2.75) is 33.3 Å². The van der Waals surface area contributed by atoms with Gasteiger partial charge in [-0.15, -0.1) is 0 Å². The zero-order valence-electron chi connectivity index (χ0n) is 20.4. The Balaban J connectivity index is 1.67. The fraction of sp³-hybridized carbons (Fsp3) is 0.207. The van der Waals surface area contributed by atoms with Gasteiger partial charge < -0.3 is 25.7 Å². The number of nitrogens with one attached hydrogen (secondary N) is 1. The molecule has 0 aliphatic carbocycles. The summed E-state index contributed by atoms with van der Waals surface area (Å²) in [6, 6.07) is 22.1. The van der Waals surface area contributed by atoms with Crippen LogP contribution in [0.2, 0.25) is 0 Å². The molecule has 0 aliphatic rings. The van der Waals surface area contributed by atoms with Gasteiger partial charge in [-0.1, -0.05) is 48.5 Å². The van der Waals surface area contributed by atoms with E-state index in [1.54, 1.807) is 25.1 Å². The number of nitrogens with two attached hydrogens (primary N) is 1. The molecule has 0 radical (unpaired) electrons. The van der Waals surface area contributed by atoms with Crippen molar-refractivity contribution >= 4 is 23.0 Å². The summed E-state index contributed by atoms with van der Waals surface area (Å²) in [6.07, 6.45) is 0.222. The Hall–Kier alpha value is -4.39. The molecular formula is C29H30N2O5. The van der Waals surface area contributed by atoms with Crippen LogP contribution in [-0.2, 0) is 22.6 Å². The van der Waals surface area contributed by atoms with Crippen LogP contribution in [0.5, 0.6) is 11.5 Å². The number of ether oxygens (including phenoxy) is 2. The van der Waals surface area contributed by atoms with Gasteiger partial charge in [0.05, 0.1) is 5.71 Å². The number of carbonyl (C=O) groups is 2. The highest BCUT2D eigenvalue weighted by molar-refractivity contribution is 6.20. The van der Waals surface area contributed by atoms with Crippen molar-refractivity contribution in [3.8, 4) is 11.5 Å². The summed E-state index contributed by atoms with van der Waals surface area (Å²) in [4.78, 5) is 23.3. The number of aryl methyl sites for hydroxylation is 1. The van der Waals surface area contributed by atoms with Crippen molar-refractivity contribution < 1.29 is 24.2 Å². The van der Waals surface area contributed by atoms with Gasteiger partial charge in [-0.05, 0) is 66.8 Å². The van der Waals surface area contributed by atoms with E-state index >= 15 is 0 Å². The lowest BCUT2D eigenvalue weighted by molar-refractivity contribution is -0.137. The molecule has 7 nitrogen and oxygen atoms in total. The zero-order chi connectivity index (χ0) is 26.1. The van der Waals surface area contributed by atoms with Gasteiger partial charge in [0.1, 0.15) is 24.7 Å². The molecule has 7 heteroatoms. The summed E-state index contributed by atoms with van der Waals surface area (Å²) in [5.74, 6) is 0.0861. The van der Waals surface area contributed by atoms with E-state index in [-0.39, 0.29) is 31.8 Å². The number of carboxylic acid groups (broad SMARTS) is 1. The minimum absolute atomic E-state index is 0.0543. The molecule has 0 fully saturated rings. The fourth-order valence-corrected chi connectivity index (χ4v) is 3.74. The molecule has 36 heavy (non-hydrogen) atoms. The van der Waals surface area contributed by atoms with Crippen molar-refractivity contribution in [2.24, 2.45) is 5.73 Å². The number of carbonyl (C=O) groups excluding carboxylic acids is 1. The van der Waals surface area contributed by atoms with Gasteiger partial charge in [0.25, 0.3) is 0 Å². The Morgan fingerprint density at radius 2 is 1.58 bits per heavy atom. The monoisotopic (exact) mass is 486 g/mol. The normalized spacial score (nSPS) is 11.4. The number of hydrogen-bond donors (Lipinski definition) is 3. The lowest BCUT2D eigenvalue weighted by Gasteiger charge is -2.15. The number of Topliss-reactive ketones (excluding diaryl/α,β-unsaturated/α-hetero) is 1. The molecular weight excluding hydrogens is 456 g/mol. The van der Waals surface area contributed by atoms with Crippen molar-refractivity contribution in [3.63, 3.8) is 0 Å². The molecule has 0 heterocycles. The predicted molar refractivity (Wildman–Crippen MR) is 139 cm³/mol. The number of hydrogen-bond acceptors (Lipinski definition) is 6. The first-order chi connectivity index (χ1) is 17.2. The van der Waals surface area contributed by atoms with E-state index in [0.29, 0.717) is 34.0 Å². The van der Waals surface area contributed by atoms with Crippen LogP contribution >= 0.6 is 0 Å². The Kier molecular flexibility index (Phi) is 9.00. The smallest absolute Gasteiger partial charge is 0.303 e. The quantitative estimate of drug-likeness (QED) is 0.244. The average Bonchev–Trinajstić information content (AvgIpc) is 2.86. The predicted octanol–water partition coefficient (Wildman–Crippen LogP) is 5.01. The van der Waals surface area contributed by atoms with Gasteiger partial charge in [0, 0.05) is 17.7 Å². The number of allylic oxidation sites excluding steroid dienone is 2. The van der Waals surface area contributed by atoms with Crippen molar-refractivity contribution in [2.75, 3.05) is 6.61 Å². The number of ketones is 1. The van der Waals surface area contributed by atoms with E-state index in [1.165, 1.54) is 6.92 Å². The van der Waals surface area contributed by atoms with Gasteiger partial charge >= 0.3 is 5.97 Å². The maximum absolute atomic E-state index is 12.3. The molecule has 4 N–H and O–H groups in total. The third-order valence-electron chi connectivity index (χ3n) is 5.54. The maximum Gasteiger partial charge on any atom is 0.303 e. The van der Waals surface area contributed by atoms with Crippen LogP contribution in [0.4, 0.5) is 0 Å². The van der Waals surface area contributed by atoms with E-state index in [9.17, 15) is 9.59 Å². The molecule has 0 bridgehead atoms. The van der Waals surface area contributed by atoms with Crippen LogP contribution in [0.3, 0.4) is 0 Å². The Morgan fingerprint density at radius 1 is 0.917 bits per heavy atom. The van der Waals surface area contributed by atoms with Crippen LogP contribution < -0.4 is 15.2 Å². The maximum atomic E-state index is 12.3. The fourth-order valence-electron chi connectivity index (χ4n) is 3.74. The van der Waals surface area contributed by atoms with Crippen LogP contribution in [0.1, 0.15) is 42.5 Å². The summed E-state index contributed by atoms with van der Waals surface area (Å²) < 4.78 is 11.7. The first-order valence-electron chi connectivity index (χ1n) is 11.5. The first-order valence-corrected chi connectivity index (χ1v) is 11.5. The van der Waals surface area contributed by atoms with E-state index in [4.69, 9.17) is 25.7 Å². The minimum Gasteiger partial charge on any atom is -0.489 e. The SMILES string of the molecule is CC(=O)C(=C(C)N)c1cc(OCc2ccc(OCC(=N)c3ccccc3)cc2)ccc1CCC(=O)O. The molecule has 0 aromatic heterocycles. The summed E-state index contributed by atoms with van der Waals surface area (Å²) in [6.45, 7) is 3.54. The Labute approximate surface area is 210 Å². The molecule has 0 amide bonds. The van der Waals surface area contributed by atoms with Crippen LogP contribution in [0, 0.1) is 5.41 Å². The van der Waals surface area contributed by atoms with Gasteiger partial charge in [0.15, 0.2) is 5.78 Å². The van der Waals surface area contributed by atoms with Gasteiger partial charge in [-0.25, -0.2) is 0 Å². The second-order valence-electron chi connectivity index (χ2n) is 8.39. The van der Waals surface area contributed by atoms with Gasteiger partial charge in [0.2, 0.25) is 0 Å². The standard InChI is InChI=1S/C29H30N2O5/c1-19(30)29(20(2)32)26-16-25(14-10-22(26)11-15-28(33)34)35-17-21-8-12-24(13-9-21)36-18-27(31)23-6-4-3-5-7-23/h3-10,12-14,16,31H,11,15,17-18,30H2,1-2H3,(H,33,34). The van der Waals surface area contributed by atoms with Crippen molar-refractivity contribution in [1.82, 2.24) is 0 Å². The largest absolute Gasteiger partial charge is 0.489 e. The molecule has 0 unspecified atom stereocenters. The van der Waals surface area contributed by atoms with Gasteiger partial charge in [-0.3, -0.25) is 9.59 Å². The lowest BCUT2D eigenvalue weighted by Crippen LogP contribution is -2.11. The van der Waals surface area contributed by atoms with E-state index in [0.717, 1.165) is 16.7 Å². The van der Waals surface area contributed by atoms with Crippen molar-refractivity contribution in [1.29, 1.82) is 5.41 Å². The number of benzene rings is 3. The Morgan fingerprint density at radius 3 is 2.19 bits per heavy atom. The van der Waals surface area contributed by atoms with Crippen molar-refractivity contribution in [3.05, 3.63) is 101 Å². The molecule has 0 saturated carbocycles. The highest BCUT2D eigenvalue weighted by Crippen LogP contribution is 2.28. The number of rotatable bonds is 12. The molecule has 0 spiro atoms. The number of aliphatic carboxylic acids is 1. The average molecular weight is 487 g/mol. The highest BCUT2D eigenvalue weighted by Gasteiger charge is 2.16. The van der Waals surface area contributed by atoms with Gasteiger partial charge in [-0.2, -0.15) is 0 Å². The third-order valence-corrected chi connectivity index (χ3v) is 5.54. The van der Waals surface area contributed by atoms with Crippen LogP contribution in [0.15, 0.2) is 78.5 Å². The van der Waals surface area contributed by atoms with E-state index in [2.05, 4.69) is 0 Å². The summed E-state index contributed by atoms with van der Waals surface area (Å²) >= 11 is 0. The zero-order valence-corrected chi connectivity index (χ0v) is 20.4. The van der Waals surface area contributed by atoms with Crippen LogP contribution in [0.25, 0.3) is 5.57 Å². The van der Waals surface area contributed by atoms with E-state index < -0.39 is 5.97 Å². The topological polar surface area (TPSA) is 123 Å². The highest BCUT2D eigenvalue weighted by atomic mass is 16.5. The first kappa shape index (κ1) is 26.2. The minimum atomic E-state index is -0.913. The third kappa shape index (κ3) is 7.30. The van der Waals surface area contributed by atoms with E-state index in [1.807, 2.05) is 54.6 Å². The summed E-state index contributed by atoms with van der Waals surface area (Å²) in [5, 5.41) is 17.2. The molecule has 3 aromatic carbocycles. The molecule has 186 valence electrons. The number of carboxylic acids is 1. The summed E-state index contributed by atoms with van der Waals surface area (Å²) in [5.41, 5.74) is 10.2. The second-order valence-corrected chi connectivity index (χ2v) is 8.39. The summed E-state index contributed by atoms with van der Waals surface area (Å²) in [7, 11) is 0. The van der Waals surface area contributed by atoms with Crippen LogP contribution in [-0.4, -0.2) is 29.2 Å².